The van der Waals surface area contributed by atoms with Gasteiger partial charge in [0.1, 0.15) is 0 Å². The second kappa shape index (κ2) is 5.45. The Morgan fingerprint density at radius 2 is 2.22 bits per heavy atom. The monoisotopic (exact) mass is 255 g/mol. The molecule has 3 heterocycles. The molecule has 4 unspecified atom stereocenters. The summed E-state index contributed by atoms with van der Waals surface area (Å²) in [7, 11) is 0. The van der Waals surface area contributed by atoms with E-state index in [1.807, 2.05) is 0 Å². The highest BCUT2D eigenvalue weighted by Gasteiger charge is 2.42. The van der Waals surface area contributed by atoms with Gasteiger partial charge in [0.15, 0.2) is 0 Å². The van der Waals surface area contributed by atoms with E-state index in [9.17, 15) is 0 Å². The van der Waals surface area contributed by atoms with Crippen LogP contribution in [0.25, 0.3) is 0 Å². The predicted molar refractivity (Wildman–Crippen MR) is 68.7 cm³/mol. The zero-order valence-electron chi connectivity index (χ0n) is 11.3. The van der Waals surface area contributed by atoms with Crippen molar-refractivity contribution in [3.05, 3.63) is 0 Å². The molecule has 0 aromatic carbocycles. The van der Waals surface area contributed by atoms with Crippen LogP contribution in [0.15, 0.2) is 0 Å². The summed E-state index contributed by atoms with van der Waals surface area (Å²) in [6.45, 7) is 6.86. The highest BCUT2D eigenvalue weighted by Crippen LogP contribution is 2.35. The van der Waals surface area contributed by atoms with Crippen molar-refractivity contribution in [3.63, 3.8) is 0 Å². The minimum absolute atomic E-state index is 0.0335. The van der Waals surface area contributed by atoms with Gasteiger partial charge in [0, 0.05) is 32.6 Å². The molecule has 4 heteroatoms. The summed E-state index contributed by atoms with van der Waals surface area (Å²) in [6.07, 6.45) is 5.03. The molecule has 4 atom stereocenters. The van der Waals surface area contributed by atoms with Crippen molar-refractivity contribution in [2.75, 3.05) is 32.9 Å². The number of hydrogen-bond donors (Lipinski definition) is 1. The van der Waals surface area contributed by atoms with E-state index in [1.54, 1.807) is 0 Å². The van der Waals surface area contributed by atoms with Crippen LogP contribution in [0.5, 0.6) is 0 Å². The Balaban J connectivity index is 1.55. The quantitative estimate of drug-likeness (QED) is 0.808. The summed E-state index contributed by atoms with van der Waals surface area (Å²) in [5, 5.41) is 3.43. The first-order chi connectivity index (χ1) is 8.77. The Bertz CT molecular complexity index is 278. The normalized spacial score (nSPS) is 45.5. The first-order valence-electron chi connectivity index (χ1n) is 7.35. The molecule has 3 fully saturated rings. The fourth-order valence-electron chi connectivity index (χ4n) is 3.35. The molecule has 104 valence electrons. The van der Waals surface area contributed by atoms with E-state index < -0.39 is 0 Å². The molecule has 3 aliphatic heterocycles. The fraction of sp³-hybridized carbons (Fsp3) is 1.00. The Labute approximate surface area is 109 Å². The number of nitrogens with one attached hydrogen (secondary N) is 1. The van der Waals surface area contributed by atoms with E-state index >= 15 is 0 Å². The van der Waals surface area contributed by atoms with Crippen molar-refractivity contribution in [3.8, 4) is 0 Å². The van der Waals surface area contributed by atoms with Crippen molar-refractivity contribution in [1.29, 1.82) is 0 Å². The lowest BCUT2D eigenvalue weighted by Gasteiger charge is -2.40. The second-order valence-corrected chi connectivity index (χ2v) is 6.09. The lowest BCUT2D eigenvalue weighted by Crippen LogP contribution is -2.48. The largest absolute Gasteiger partial charge is 0.378 e. The van der Waals surface area contributed by atoms with Crippen LogP contribution in [0.1, 0.15) is 32.6 Å². The van der Waals surface area contributed by atoms with Crippen molar-refractivity contribution in [1.82, 2.24) is 5.32 Å². The summed E-state index contributed by atoms with van der Waals surface area (Å²) < 4.78 is 17.8. The van der Waals surface area contributed by atoms with Crippen LogP contribution < -0.4 is 5.32 Å². The minimum atomic E-state index is -0.0335. The number of ether oxygens (including phenoxy) is 3. The number of rotatable bonds is 2. The third-order valence-corrected chi connectivity index (χ3v) is 4.64. The number of hydrogen-bond acceptors (Lipinski definition) is 4. The van der Waals surface area contributed by atoms with Gasteiger partial charge in [-0.2, -0.15) is 0 Å². The lowest BCUT2D eigenvalue weighted by molar-refractivity contribution is -0.155. The summed E-state index contributed by atoms with van der Waals surface area (Å²) in [5.41, 5.74) is -0.0335. The molecule has 0 aliphatic carbocycles. The van der Waals surface area contributed by atoms with E-state index in [1.165, 1.54) is 6.42 Å². The molecular weight excluding hydrogens is 230 g/mol. The van der Waals surface area contributed by atoms with Gasteiger partial charge in [-0.05, 0) is 25.3 Å². The Morgan fingerprint density at radius 3 is 3.00 bits per heavy atom. The van der Waals surface area contributed by atoms with E-state index in [2.05, 4.69) is 12.2 Å². The Kier molecular flexibility index (Phi) is 3.89. The lowest BCUT2D eigenvalue weighted by atomic mass is 9.90. The van der Waals surface area contributed by atoms with Gasteiger partial charge in [-0.3, -0.25) is 0 Å². The van der Waals surface area contributed by atoms with Gasteiger partial charge in [0.05, 0.1) is 24.4 Å². The van der Waals surface area contributed by atoms with Crippen LogP contribution in [-0.2, 0) is 14.2 Å². The SMILES string of the molecule is CC1CCNCC1OC1CCOC2(CCOC2)C1. The molecule has 3 saturated heterocycles. The summed E-state index contributed by atoms with van der Waals surface area (Å²) in [6, 6.07) is 0. The Morgan fingerprint density at radius 1 is 1.28 bits per heavy atom. The maximum absolute atomic E-state index is 6.33. The van der Waals surface area contributed by atoms with E-state index in [0.717, 1.165) is 52.2 Å². The van der Waals surface area contributed by atoms with Gasteiger partial charge >= 0.3 is 0 Å². The molecule has 1 N–H and O–H groups in total. The molecule has 4 nitrogen and oxygen atoms in total. The first kappa shape index (κ1) is 12.9. The van der Waals surface area contributed by atoms with Gasteiger partial charge in [0.25, 0.3) is 0 Å². The standard InChI is InChI=1S/C14H25NO3/c1-11-2-5-15-9-13(11)18-12-3-6-17-14(8-12)4-7-16-10-14/h11-13,15H,2-10H2,1H3. The summed E-state index contributed by atoms with van der Waals surface area (Å²) in [4.78, 5) is 0. The van der Waals surface area contributed by atoms with Gasteiger partial charge in [0.2, 0.25) is 0 Å². The molecule has 18 heavy (non-hydrogen) atoms. The highest BCUT2D eigenvalue weighted by atomic mass is 16.6. The first-order valence-corrected chi connectivity index (χ1v) is 7.35. The second-order valence-electron chi connectivity index (χ2n) is 6.09. The molecule has 0 aromatic heterocycles. The highest BCUT2D eigenvalue weighted by molar-refractivity contribution is 4.91. The van der Waals surface area contributed by atoms with Crippen molar-refractivity contribution in [2.24, 2.45) is 5.92 Å². The molecule has 3 aliphatic rings. The smallest absolute Gasteiger partial charge is 0.0961 e. The van der Waals surface area contributed by atoms with Crippen LogP contribution >= 0.6 is 0 Å². The molecule has 0 aromatic rings. The van der Waals surface area contributed by atoms with Gasteiger partial charge < -0.3 is 19.5 Å². The topological polar surface area (TPSA) is 39.7 Å². The molecule has 1 spiro atoms. The molecule has 0 radical (unpaired) electrons. The fourth-order valence-corrected chi connectivity index (χ4v) is 3.35. The summed E-state index contributed by atoms with van der Waals surface area (Å²) >= 11 is 0. The van der Waals surface area contributed by atoms with Crippen molar-refractivity contribution in [2.45, 2.75) is 50.4 Å². The molecule has 0 bridgehead atoms. The van der Waals surface area contributed by atoms with Gasteiger partial charge in [-0.25, -0.2) is 0 Å². The van der Waals surface area contributed by atoms with E-state index in [-0.39, 0.29) is 5.60 Å². The molecular formula is C14H25NO3. The minimum Gasteiger partial charge on any atom is -0.378 e. The van der Waals surface area contributed by atoms with Crippen molar-refractivity contribution < 1.29 is 14.2 Å². The molecule has 0 amide bonds. The van der Waals surface area contributed by atoms with Crippen LogP contribution in [-0.4, -0.2) is 50.7 Å². The van der Waals surface area contributed by atoms with E-state index in [4.69, 9.17) is 14.2 Å². The molecule has 3 rings (SSSR count). The van der Waals surface area contributed by atoms with Crippen LogP contribution in [0.4, 0.5) is 0 Å². The maximum Gasteiger partial charge on any atom is 0.0961 e. The van der Waals surface area contributed by atoms with Crippen LogP contribution in [0.2, 0.25) is 0 Å². The Hall–Kier alpha value is -0.160. The van der Waals surface area contributed by atoms with Crippen LogP contribution in [0, 0.1) is 5.92 Å². The zero-order valence-corrected chi connectivity index (χ0v) is 11.3. The van der Waals surface area contributed by atoms with Crippen LogP contribution in [0.3, 0.4) is 0 Å². The maximum atomic E-state index is 6.33. The number of piperidine rings is 1. The van der Waals surface area contributed by atoms with E-state index in [0.29, 0.717) is 18.1 Å². The zero-order chi connectivity index (χ0) is 12.4. The summed E-state index contributed by atoms with van der Waals surface area (Å²) in [5.74, 6) is 0.671. The molecule has 0 saturated carbocycles. The van der Waals surface area contributed by atoms with Gasteiger partial charge in [-0.1, -0.05) is 6.92 Å². The average molecular weight is 255 g/mol. The average Bonchev–Trinajstić information content (AvgIpc) is 2.80. The van der Waals surface area contributed by atoms with Gasteiger partial charge in [-0.15, -0.1) is 0 Å². The third kappa shape index (κ3) is 2.72. The third-order valence-electron chi connectivity index (χ3n) is 4.64. The predicted octanol–water partition coefficient (Wildman–Crippen LogP) is 1.34. The van der Waals surface area contributed by atoms with Crippen molar-refractivity contribution >= 4 is 0 Å².